The Kier molecular flexibility index (Phi) is 3.18. The molecule has 1 aromatic carbocycles. The van der Waals surface area contributed by atoms with Gasteiger partial charge < -0.3 is 15.2 Å². The van der Waals surface area contributed by atoms with Crippen LogP contribution in [0.4, 0.5) is 0 Å². The van der Waals surface area contributed by atoms with E-state index in [9.17, 15) is 0 Å². The number of nitrogen functional groups attached to an aromatic ring is 1. The molecule has 0 aliphatic carbocycles. The highest BCUT2D eigenvalue weighted by Crippen LogP contribution is 2.28. The van der Waals surface area contributed by atoms with Gasteiger partial charge in [-0.2, -0.15) is 0 Å². The van der Waals surface area contributed by atoms with Crippen molar-refractivity contribution in [2.45, 2.75) is 6.92 Å². The third-order valence-corrected chi connectivity index (χ3v) is 2.38. The van der Waals surface area contributed by atoms with Crippen LogP contribution in [0.2, 0.25) is 0 Å². The second-order valence-corrected chi connectivity index (χ2v) is 3.77. The maximum absolute atomic E-state index is 7.50. The Bertz CT molecular complexity index is 577. The molecule has 0 radical (unpaired) electrons. The van der Waals surface area contributed by atoms with Gasteiger partial charge in [-0.25, -0.2) is 0 Å². The van der Waals surface area contributed by atoms with Gasteiger partial charge in [0.2, 0.25) is 5.88 Å². The highest BCUT2D eigenvalue weighted by atomic mass is 16.5. The Labute approximate surface area is 104 Å². The van der Waals surface area contributed by atoms with Crippen molar-refractivity contribution in [2.75, 3.05) is 7.11 Å². The summed E-state index contributed by atoms with van der Waals surface area (Å²) in [6.07, 6.45) is 0. The van der Waals surface area contributed by atoms with E-state index < -0.39 is 0 Å². The maximum atomic E-state index is 7.50. The molecule has 0 fully saturated rings. The molecule has 94 valence electrons. The van der Waals surface area contributed by atoms with E-state index in [0.29, 0.717) is 22.9 Å². The van der Waals surface area contributed by atoms with Crippen LogP contribution < -0.4 is 15.2 Å². The van der Waals surface area contributed by atoms with Crippen LogP contribution in [0.5, 0.6) is 17.4 Å². The van der Waals surface area contributed by atoms with Crippen molar-refractivity contribution in [1.82, 2.24) is 10.2 Å². The first-order chi connectivity index (χ1) is 8.60. The number of aromatic nitrogens is 2. The Morgan fingerprint density at radius 2 is 2.17 bits per heavy atom. The third kappa shape index (κ3) is 2.42. The number of benzene rings is 1. The largest absolute Gasteiger partial charge is 0.497 e. The van der Waals surface area contributed by atoms with Crippen molar-refractivity contribution in [2.24, 2.45) is 5.73 Å². The SMILES string of the molecule is COc1ccc(C(=N)N)c(Oc2cc(C)[nH]n2)c1. The van der Waals surface area contributed by atoms with Gasteiger partial charge >= 0.3 is 0 Å². The molecule has 18 heavy (non-hydrogen) atoms. The van der Waals surface area contributed by atoms with E-state index in [4.69, 9.17) is 20.6 Å². The molecular weight excluding hydrogens is 232 g/mol. The fourth-order valence-electron chi connectivity index (χ4n) is 1.49. The van der Waals surface area contributed by atoms with Crippen LogP contribution in [0.25, 0.3) is 0 Å². The minimum Gasteiger partial charge on any atom is -0.497 e. The smallest absolute Gasteiger partial charge is 0.238 e. The van der Waals surface area contributed by atoms with E-state index in [-0.39, 0.29) is 5.84 Å². The first-order valence-corrected chi connectivity index (χ1v) is 5.32. The molecule has 4 N–H and O–H groups in total. The number of amidine groups is 1. The van der Waals surface area contributed by atoms with Gasteiger partial charge in [0.1, 0.15) is 17.3 Å². The lowest BCUT2D eigenvalue weighted by Crippen LogP contribution is -2.12. The number of aromatic amines is 1. The molecule has 0 saturated carbocycles. The average molecular weight is 246 g/mol. The van der Waals surface area contributed by atoms with Crippen molar-refractivity contribution in [3.63, 3.8) is 0 Å². The molecule has 2 rings (SSSR count). The summed E-state index contributed by atoms with van der Waals surface area (Å²) in [5, 5.41) is 14.2. The monoisotopic (exact) mass is 246 g/mol. The number of hydrogen-bond donors (Lipinski definition) is 3. The quantitative estimate of drug-likeness (QED) is 0.566. The predicted octanol–water partition coefficient (Wildman–Crippen LogP) is 1.80. The van der Waals surface area contributed by atoms with E-state index in [1.54, 1.807) is 31.4 Å². The van der Waals surface area contributed by atoms with Gasteiger partial charge in [-0.3, -0.25) is 10.5 Å². The van der Waals surface area contributed by atoms with Crippen molar-refractivity contribution in [3.8, 4) is 17.4 Å². The molecule has 0 unspecified atom stereocenters. The number of methoxy groups -OCH3 is 1. The normalized spacial score (nSPS) is 10.1. The highest BCUT2D eigenvalue weighted by Gasteiger charge is 2.10. The molecular formula is C12H14N4O2. The molecule has 0 amide bonds. The second-order valence-electron chi connectivity index (χ2n) is 3.77. The number of nitrogens with two attached hydrogens (primary N) is 1. The van der Waals surface area contributed by atoms with Crippen LogP contribution >= 0.6 is 0 Å². The zero-order valence-electron chi connectivity index (χ0n) is 10.2. The first kappa shape index (κ1) is 12.0. The topological polar surface area (TPSA) is 97.0 Å². The molecule has 0 bridgehead atoms. The van der Waals surface area contributed by atoms with Gasteiger partial charge in [0.15, 0.2) is 0 Å². The van der Waals surface area contributed by atoms with Crippen molar-refractivity contribution >= 4 is 5.84 Å². The number of aryl methyl sites for hydroxylation is 1. The lowest BCUT2D eigenvalue weighted by atomic mass is 10.2. The molecule has 0 saturated heterocycles. The minimum absolute atomic E-state index is 0.0695. The Hall–Kier alpha value is -2.50. The number of H-pyrrole nitrogens is 1. The summed E-state index contributed by atoms with van der Waals surface area (Å²) in [7, 11) is 1.56. The van der Waals surface area contributed by atoms with Crippen molar-refractivity contribution < 1.29 is 9.47 Å². The molecule has 6 nitrogen and oxygen atoms in total. The molecule has 0 spiro atoms. The maximum Gasteiger partial charge on any atom is 0.238 e. The van der Waals surface area contributed by atoms with Crippen molar-refractivity contribution in [3.05, 3.63) is 35.5 Å². The fourth-order valence-corrected chi connectivity index (χ4v) is 1.49. The Balaban J connectivity index is 2.37. The van der Waals surface area contributed by atoms with Crippen molar-refractivity contribution in [1.29, 1.82) is 5.41 Å². The molecule has 0 aliphatic rings. The van der Waals surface area contributed by atoms with Gasteiger partial charge in [0.05, 0.1) is 12.7 Å². The first-order valence-electron chi connectivity index (χ1n) is 5.32. The van der Waals surface area contributed by atoms with Gasteiger partial charge in [-0.05, 0) is 19.1 Å². The standard InChI is InChI=1S/C12H14N4O2/c1-7-5-11(16-15-7)18-10-6-8(17-2)3-4-9(10)12(13)14/h3-6H,1-2H3,(H3,13,14)(H,15,16). The van der Waals surface area contributed by atoms with Gasteiger partial charge in [0, 0.05) is 17.8 Å². The number of nitrogens with one attached hydrogen (secondary N) is 2. The molecule has 0 aliphatic heterocycles. The summed E-state index contributed by atoms with van der Waals surface area (Å²) in [5.74, 6) is 1.42. The number of ether oxygens (including phenoxy) is 2. The zero-order valence-corrected chi connectivity index (χ0v) is 10.2. The van der Waals surface area contributed by atoms with E-state index in [0.717, 1.165) is 5.69 Å². The Morgan fingerprint density at radius 3 is 2.72 bits per heavy atom. The van der Waals surface area contributed by atoms with Crippen LogP contribution in [-0.2, 0) is 0 Å². The number of hydrogen-bond acceptors (Lipinski definition) is 4. The average Bonchev–Trinajstić information content (AvgIpc) is 2.74. The summed E-state index contributed by atoms with van der Waals surface area (Å²) in [4.78, 5) is 0. The second kappa shape index (κ2) is 4.79. The van der Waals surface area contributed by atoms with E-state index in [1.165, 1.54) is 0 Å². The Morgan fingerprint density at radius 1 is 1.39 bits per heavy atom. The van der Waals surface area contributed by atoms with Crippen LogP contribution in [0, 0.1) is 12.3 Å². The lowest BCUT2D eigenvalue weighted by Gasteiger charge is -2.09. The predicted molar refractivity (Wildman–Crippen MR) is 67.4 cm³/mol. The third-order valence-electron chi connectivity index (χ3n) is 2.38. The lowest BCUT2D eigenvalue weighted by molar-refractivity contribution is 0.407. The van der Waals surface area contributed by atoms with Gasteiger partial charge in [-0.1, -0.05) is 0 Å². The fraction of sp³-hybridized carbons (Fsp3) is 0.167. The van der Waals surface area contributed by atoms with Crippen LogP contribution in [-0.4, -0.2) is 23.1 Å². The summed E-state index contributed by atoms with van der Waals surface area (Å²) >= 11 is 0. The zero-order chi connectivity index (χ0) is 13.1. The highest BCUT2D eigenvalue weighted by molar-refractivity contribution is 5.97. The molecule has 2 aromatic rings. The van der Waals surface area contributed by atoms with Crippen LogP contribution in [0.1, 0.15) is 11.3 Å². The summed E-state index contributed by atoms with van der Waals surface area (Å²) in [5.41, 5.74) is 6.88. The van der Waals surface area contributed by atoms with E-state index in [2.05, 4.69) is 10.2 Å². The number of nitrogens with zero attached hydrogens (tertiary/aromatic N) is 1. The van der Waals surface area contributed by atoms with E-state index >= 15 is 0 Å². The molecule has 1 heterocycles. The van der Waals surface area contributed by atoms with Crippen LogP contribution in [0.15, 0.2) is 24.3 Å². The molecule has 1 aromatic heterocycles. The van der Waals surface area contributed by atoms with Gasteiger partial charge in [-0.15, -0.1) is 5.10 Å². The minimum atomic E-state index is -0.0695. The van der Waals surface area contributed by atoms with Gasteiger partial charge in [0.25, 0.3) is 0 Å². The molecule has 6 heteroatoms. The summed E-state index contributed by atoms with van der Waals surface area (Å²) in [6.45, 7) is 1.87. The number of rotatable bonds is 4. The van der Waals surface area contributed by atoms with Crippen LogP contribution in [0.3, 0.4) is 0 Å². The molecule has 0 atom stereocenters. The summed E-state index contributed by atoms with van der Waals surface area (Å²) in [6, 6.07) is 6.82. The summed E-state index contributed by atoms with van der Waals surface area (Å²) < 4.78 is 10.7. The van der Waals surface area contributed by atoms with E-state index in [1.807, 2.05) is 6.92 Å².